The van der Waals surface area contributed by atoms with Gasteiger partial charge in [0.15, 0.2) is 5.82 Å². The standard InChI is InChI=1S/C22H27N3O3/c1-16(2)20(17-10-6-4-7-11-17)24(3)14-19(26)15-25-21(23-28-22(25)27)18-12-8-5-9-13-18/h4-13,16,19-20,26H,14-15H2,1-3H3. The van der Waals surface area contributed by atoms with Crippen LogP contribution in [0.5, 0.6) is 0 Å². The van der Waals surface area contributed by atoms with E-state index in [0.717, 1.165) is 5.56 Å². The maximum Gasteiger partial charge on any atom is 0.441 e. The number of likely N-dealkylation sites (N-methyl/N-ethyl adjacent to an activating group) is 1. The fourth-order valence-corrected chi connectivity index (χ4v) is 3.74. The minimum atomic E-state index is -0.741. The molecule has 0 saturated carbocycles. The lowest BCUT2D eigenvalue weighted by Gasteiger charge is -2.33. The molecule has 0 bridgehead atoms. The summed E-state index contributed by atoms with van der Waals surface area (Å²) < 4.78 is 6.23. The molecule has 1 heterocycles. The lowest BCUT2D eigenvalue weighted by molar-refractivity contribution is 0.0769. The number of rotatable bonds is 8. The molecule has 148 valence electrons. The maximum absolute atomic E-state index is 12.1. The molecule has 1 aromatic heterocycles. The molecule has 0 aliphatic carbocycles. The number of aromatic nitrogens is 2. The molecule has 0 saturated heterocycles. The predicted molar refractivity (Wildman–Crippen MR) is 109 cm³/mol. The van der Waals surface area contributed by atoms with Crippen LogP contribution in [0.25, 0.3) is 11.4 Å². The van der Waals surface area contributed by atoms with E-state index in [1.54, 1.807) is 0 Å². The zero-order valence-corrected chi connectivity index (χ0v) is 16.5. The van der Waals surface area contributed by atoms with Crippen molar-refractivity contribution in [2.75, 3.05) is 13.6 Å². The molecule has 0 aliphatic rings. The predicted octanol–water partition coefficient (Wildman–Crippen LogP) is 3.19. The van der Waals surface area contributed by atoms with Gasteiger partial charge in [0.1, 0.15) is 0 Å². The molecule has 0 aliphatic heterocycles. The number of aliphatic hydroxyl groups excluding tert-OH is 1. The summed E-state index contributed by atoms with van der Waals surface area (Å²) in [4.78, 5) is 14.2. The lowest BCUT2D eigenvalue weighted by atomic mass is 9.94. The highest BCUT2D eigenvalue weighted by molar-refractivity contribution is 5.54. The summed E-state index contributed by atoms with van der Waals surface area (Å²) in [7, 11) is 2.00. The van der Waals surface area contributed by atoms with Gasteiger partial charge in [-0.3, -0.25) is 14.0 Å². The van der Waals surface area contributed by atoms with Crippen LogP contribution in [0.3, 0.4) is 0 Å². The van der Waals surface area contributed by atoms with Crippen LogP contribution in [-0.2, 0) is 6.54 Å². The Hall–Kier alpha value is -2.70. The van der Waals surface area contributed by atoms with Gasteiger partial charge < -0.3 is 5.11 Å². The molecule has 0 amide bonds. The first-order chi connectivity index (χ1) is 13.5. The van der Waals surface area contributed by atoms with Crippen molar-refractivity contribution >= 4 is 0 Å². The minimum absolute atomic E-state index is 0.122. The van der Waals surface area contributed by atoms with Gasteiger partial charge >= 0.3 is 5.76 Å². The molecule has 0 radical (unpaired) electrons. The van der Waals surface area contributed by atoms with Crippen LogP contribution < -0.4 is 5.76 Å². The van der Waals surface area contributed by atoms with Crippen LogP contribution in [0, 0.1) is 5.92 Å². The van der Waals surface area contributed by atoms with Crippen molar-refractivity contribution in [3.05, 3.63) is 76.8 Å². The van der Waals surface area contributed by atoms with Crippen LogP contribution >= 0.6 is 0 Å². The summed E-state index contributed by atoms with van der Waals surface area (Å²) in [6.45, 7) is 4.87. The Morgan fingerprint density at radius 1 is 1.07 bits per heavy atom. The molecular formula is C22H27N3O3. The first-order valence-electron chi connectivity index (χ1n) is 9.52. The average molecular weight is 381 g/mol. The second-order valence-corrected chi connectivity index (χ2v) is 7.44. The van der Waals surface area contributed by atoms with Crippen molar-refractivity contribution in [3.8, 4) is 11.4 Å². The van der Waals surface area contributed by atoms with Crippen LogP contribution in [0.15, 0.2) is 70.0 Å². The third-order valence-electron chi connectivity index (χ3n) is 4.86. The van der Waals surface area contributed by atoms with E-state index in [1.165, 1.54) is 10.1 Å². The van der Waals surface area contributed by atoms with E-state index < -0.39 is 11.9 Å². The monoisotopic (exact) mass is 381 g/mol. The second kappa shape index (κ2) is 8.99. The van der Waals surface area contributed by atoms with Crippen molar-refractivity contribution < 1.29 is 9.63 Å². The highest BCUT2D eigenvalue weighted by Gasteiger charge is 2.24. The first-order valence-corrected chi connectivity index (χ1v) is 9.52. The average Bonchev–Trinajstić information content (AvgIpc) is 3.03. The van der Waals surface area contributed by atoms with E-state index in [4.69, 9.17) is 4.52 Å². The topological polar surface area (TPSA) is 71.5 Å². The Balaban J connectivity index is 1.75. The summed E-state index contributed by atoms with van der Waals surface area (Å²) in [5.41, 5.74) is 1.98. The van der Waals surface area contributed by atoms with E-state index in [0.29, 0.717) is 18.3 Å². The van der Waals surface area contributed by atoms with Crippen LogP contribution in [0.4, 0.5) is 0 Å². The molecule has 3 rings (SSSR count). The number of nitrogens with zero attached hydrogens (tertiary/aromatic N) is 3. The van der Waals surface area contributed by atoms with Crippen molar-refractivity contribution in [1.82, 2.24) is 14.6 Å². The normalized spacial score (nSPS) is 13.8. The lowest BCUT2D eigenvalue weighted by Crippen LogP contribution is -2.38. The Kier molecular flexibility index (Phi) is 6.44. The summed E-state index contributed by atoms with van der Waals surface area (Å²) in [6.07, 6.45) is -0.741. The fraction of sp³-hybridized carbons (Fsp3) is 0.364. The molecule has 3 aromatic rings. The third kappa shape index (κ3) is 4.58. The van der Waals surface area contributed by atoms with Gasteiger partial charge in [0, 0.05) is 18.2 Å². The van der Waals surface area contributed by atoms with E-state index in [9.17, 15) is 9.90 Å². The first kappa shape index (κ1) is 20.0. The third-order valence-corrected chi connectivity index (χ3v) is 4.86. The fourth-order valence-electron chi connectivity index (χ4n) is 3.74. The van der Waals surface area contributed by atoms with Gasteiger partial charge in [-0.05, 0) is 18.5 Å². The van der Waals surface area contributed by atoms with Crippen molar-refractivity contribution in [3.63, 3.8) is 0 Å². The Morgan fingerprint density at radius 2 is 1.68 bits per heavy atom. The molecular weight excluding hydrogens is 354 g/mol. The van der Waals surface area contributed by atoms with Crippen LogP contribution in [-0.4, -0.2) is 39.4 Å². The zero-order valence-electron chi connectivity index (χ0n) is 16.5. The summed E-state index contributed by atoms with van der Waals surface area (Å²) in [5.74, 6) is 0.234. The molecule has 2 unspecified atom stereocenters. The molecule has 0 spiro atoms. The van der Waals surface area contributed by atoms with Gasteiger partial charge in [0.2, 0.25) is 0 Å². The molecule has 1 N–H and O–H groups in total. The molecule has 0 fully saturated rings. The van der Waals surface area contributed by atoms with Crippen molar-refractivity contribution in [2.24, 2.45) is 5.92 Å². The van der Waals surface area contributed by atoms with Crippen molar-refractivity contribution in [1.29, 1.82) is 0 Å². The molecule has 6 nitrogen and oxygen atoms in total. The SMILES string of the molecule is CC(C)C(c1ccccc1)N(C)CC(O)Cn1c(-c2ccccc2)noc1=O. The smallest absolute Gasteiger partial charge is 0.390 e. The van der Waals surface area contributed by atoms with Gasteiger partial charge in [-0.25, -0.2) is 4.79 Å². The Labute approximate surface area is 165 Å². The highest BCUT2D eigenvalue weighted by Crippen LogP contribution is 2.27. The number of hydrogen-bond donors (Lipinski definition) is 1. The zero-order chi connectivity index (χ0) is 20.1. The van der Waals surface area contributed by atoms with Crippen LogP contribution in [0.1, 0.15) is 25.5 Å². The van der Waals surface area contributed by atoms with Gasteiger partial charge in [-0.2, -0.15) is 0 Å². The molecule has 28 heavy (non-hydrogen) atoms. The quantitative estimate of drug-likeness (QED) is 0.649. The molecule has 2 aromatic carbocycles. The Morgan fingerprint density at radius 3 is 2.29 bits per heavy atom. The van der Waals surface area contributed by atoms with Gasteiger partial charge in [0.25, 0.3) is 0 Å². The molecule has 2 atom stereocenters. The Bertz CT molecular complexity index is 919. The number of aliphatic hydroxyl groups is 1. The number of hydrogen-bond acceptors (Lipinski definition) is 5. The largest absolute Gasteiger partial charge is 0.441 e. The minimum Gasteiger partial charge on any atom is -0.390 e. The highest BCUT2D eigenvalue weighted by atomic mass is 16.5. The second-order valence-electron chi connectivity index (χ2n) is 7.44. The van der Waals surface area contributed by atoms with Gasteiger partial charge in [-0.1, -0.05) is 79.7 Å². The van der Waals surface area contributed by atoms with Gasteiger partial charge in [-0.15, -0.1) is 0 Å². The molecule has 6 heteroatoms. The van der Waals surface area contributed by atoms with Gasteiger partial charge in [0.05, 0.1) is 12.6 Å². The number of benzene rings is 2. The van der Waals surface area contributed by atoms with E-state index >= 15 is 0 Å². The van der Waals surface area contributed by atoms with E-state index in [-0.39, 0.29) is 12.6 Å². The maximum atomic E-state index is 12.1. The summed E-state index contributed by atoms with van der Waals surface area (Å²) in [5, 5.41) is 14.6. The summed E-state index contributed by atoms with van der Waals surface area (Å²) in [6, 6.07) is 19.8. The van der Waals surface area contributed by atoms with Crippen molar-refractivity contribution in [2.45, 2.75) is 32.5 Å². The van der Waals surface area contributed by atoms with E-state index in [1.807, 2.05) is 55.6 Å². The summed E-state index contributed by atoms with van der Waals surface area (Å²) >= 11 is 0. The van der Waals surface area contributed by atoms with E-state index in [2.05, 4.69) is 36.0 Å². The van der Waals surface area contributed by atoms with Crippen LogP contribution in [0.2, 0.25) is 0 Å².